The van der Waals surface area contributed by atoms with Crippen LogP contribution < -0.4 is 9.47 Å². The van der Waals surface area contributed by atoms with Gasteiger partial charge < -0.3 is 18.9 Å². The molecule has 2 rings (SSSR count). The molecule has 14 heteroatoms. The summed E-state index contributed by atoms with van der Waals surface area (Å²) in [7, 11) is 0. The normalized spacial score (nSPS) is 10.5. The van der Waals surface area contributed by atoms with E-state index in [0.717, 1.165) is 0 Å². The zero-order valence-corrected chi connectivity index (χ0v) is 23.0. The van der Waals surface area contributed by atoms with Crippen molar-refractivity contribution in [2.45, 2.75) is 59.2 Å². The van der Waals surface area contributed by atoms with Crippen molar-refractivity contribution in [1.82, 2.24) is 0 Å². The summed E-state index contributed by atoms with van der Waals surface area (Å²) in [6.45, 7) is 7.39. The Bertz CT molecular complexity index is 1010. The van der Waals surface area contributed by atoms with Gasteiger partial charge in [0, 0.05) is 0 Å². The molecule has 0 aliphatic heterocycles. The van der Waals surface area contributed by atoms with Crippen LogP contribution in [0.3, 0.4) is 0 Å². The van der Waals surface area contributed by atoms with Crippen LogP contribution >= 0.6 is 0 Å². The van der Waals surface area contributed by atoms with Crippen LogP contribution in [-0.2, 0) is 39.1 Å². The Balaban J connectivity index is 1.46. The average Bonchev–Trinajstić information content (AvgIpc) is 2.92. The van der Waals surface area contributed by atoms with Crippen LogP contribution in [0, 0.1) is 0 Å². The summed E-state index contributed by atoms with van der Waals surface area (Å²) >= 11 is 0. The highest BCUT2D eigenvalue weighted by molar-refractivity contribution is 5.89. The summed E-state index contributed by atoms with van der Waals surface area (Å²) in [6, 6.07) is 12.1. The number of hydrogen-bond donors (Lipinski definition) is 0. The Labute approximate surface area is 235 Å². The molecule has 0 saturated carbocycles. The monoisotopic (exact) mass is 580 g/mol. The van der Waals surface area contributed by atoms with Gasteiger partial charge in [0.15, 0.2) is 0 Å². The van der Waals surface area contributed by atoms with E-state index in [2.05, 4.69) is 29.6 Å². The first kappa shape index (κ1) is 32.7. The second-order valence-electron chi connectivity index (χ2n) is 8.68. The molecule has 0 N–H and O–H groups in total. The molecule has 0 heterocycles. The zero-order valence-electron chi connectivity index (χ0n) is 23.0. The summed E-state index contributed by atoms with van der Waals surface area (Å²) in [4.78, 5) is 63.8. The molecule has 0 aliphatic rings. The summed E-state index contributed by atoms with van der Waals surface area (Å²) in [5, 5.41) is 8.29. The maximum Gasteiger partial charge on any atom is 0.543 e. The van der Waals surface area contributed by atoms with Gasteiger partial charge in [-0.15, -0.1) is 0 Å². The molecule has 2 aromatic rings. The lowest BCUT2D eigenvalue weighted by molar-refractivity contribution is -0.452. The van der Waals surface area contributed by atoms with E-state index in [4.69, 9.17) is 18.9 Å². The molecule has 224 valence electrons. The third-order valence-electron chi connectivity index (χ3n) is 4.58. The summed E-state index contributed by atoms with van der Waals surface area (Å²) in [5.74, 6) is -0.629. The highest BCUT2D eigenvalue weighted by atomic mass is 17.5. The van der Waals surface area contributed by atoms with E-state index in [-0.39, 0.29) is 36.5 Å². The van der Waals surface area contributed by atoms with Gasteiger partial charge in [0.1, 0.15) is 11.5 Å². The van der Waals surface area contributed by atoms with Crippen molar-refractivity contribution in [1.29, 1.82) is 0 Å². The summed E-state index contributed by atoms with van der Waals surface area (Å²) in [5.41, 5.74) is 0.297. The van der Waals surface area contributed by atoms with E-state index in [9.17, 15) is 19.2 Å². The molecular weight excluding hydrogens is 548 g/mol. The Morgan fingerprint density at radius 1 is 0.537 bits per heavy atom. The number of hydrogen-bond acceptors (Lipinski definition) is 14. The predicted molar refractivity (Wildman–Crippen MR) is 136 cm³/mol. The van der Waals surface area contributed by atoms with Crippen molar-refractivity contribution >= 4 is 24.2 Å². The Hall–Kier alpha value is -4.56. The lowest BCUT2D eigenvalue weighted by atomic mass is 10.2. The minimum atomic E-state index is -1.22. The molecule has 0 bridgehead atoms. The van der Waals surface area contributed by atoms with Crippen molar-refractivity contribution in [2.24, 2.45) is 0 Å². The molecule has 0 radical (unpaired) electrons. The fraction of sp³-hybridized carbons (Fsp3) is 0.407. The minimum Gasteiger partial charge on any atom is -0.491 e. The van der Waals surface area contributed by atoms with E-state index in [1.54, 1.807) is 24.3 Å². The smallest absolute Gasteiger partial charge is 0.491 e. The highest BCUT2D eigenvalue weighted by Gasteiger charge is 2.14. The van der Waals surface area contributed by atoms with Crippen molar-refractivity contribution in [2.75, 3.05) is 13.2 Å². The molecule has 0 aliphatic carbocycles. The van der Waals surface area contributed by atoms with Crippen molar-refractivity contribution in [3.8, 4) is 11.5 Å². The lowest BCUT2D eigenvalue weighted by Gasteiger charge is -2.09. The van der Waals surface area contributed by atoms with E-state index in [1.807, 2.05) is 27.7 Å². The van der Waals surface area contributed by atoms with Crippen molar-refractivity contribution in [3.63, 3.8) is 0 Å². The van der Waals surface area contributed by atoms with Crippen LogP contribution in [0.2, 0.25) is 0 Å². The first-order chi connectivity index (χ1) is 19.6. The van der Waals surface area contributed by atoms with Crippen LogP contribution in [0.1, 0.15) is 67.7 Å². The SMILES string of the molecule is CC(C)Oc1ccc(C(=O)OOOC(=O)OCCCCCOC(=O)OOOC(=O)c2ccc(OC(C)C)cc2)cc1. The summed E-state index contributed by atoms with van der Waals surface area (Å²) < 4.78 is 20.4. The van der Waals surface area contributed by atoms with E-state index in [0.29, 0.717) is 30.8 Å². The second-order valence-corrected chi connectivity index (χ2v) is 8.68. The number of benzene rings is 2. The van der Waals surface area contributed by atoms with Gasteiger partial charge in [-0.1, -0.05) is 0 Å². The van der Waals surface area contributed by atoms with E-state index >= 15 is 0 Å². The maximum atomic E-state index is 11.9. The van der Waals surface area contributed by atoms with Crippen LogP contribution in [0.4, 0.5) is 9.59 Å². The molecule has 0 saturated heterocycles. The van der Waals surface area contributed by atoms with Crippen LogP contribution in [0.15, 0.2) is 48.5 Å². The van der Waals surface area contributed by atoms with Crippen LogP contribution in [0.5, 0.6) is 11.5 Å². The van der Waals surface area contributed by atoms with Gasteiger partial charge in [-0.25, -0.2) is 29.0 Å². The van der Waals surface area contributed by atoms with Gasteiger partial charge >= 0.3 is 24.2 Å². The summed E-state index contributed by atoms with van der Waals surface area (Å²) in [6.07, 6.45) is -1.18. The van der Waals surface area contributed by atoms with Gasteiger partial charge in [0.05, 0.1) is 46.6 Å². The predicted octanol–water partition coefficient (Wildman–Crippen LogP) is 5.44. The third-order valence-corrected chi connectivity index (χ3v) is 4.58. The number of unbranched alkanes of at least 4 members (excludes halogenated alkanes) is 2. The molecular formula is C27H32O14. The molecule has 0 fully saturated rings. The minimum absolute atomic E-state index is 0.0196. The molecule has 0 amide bonds. The Kier molecular flexibility index (Phi) is 14.3. The third kappa shape index (κ3) is 13.9. The number of carbonyl (C=O) groups is 4. The van der Waals surface area contributed by atoms with Gasteiger partial charge in [0.2, 0.25) is 0 Å². The Morgan fingerprint density at radius 3 is 1.24 bits per heavy atom. The standard InChI is InChI=1S/C27H32O14/c1-18(2)34-22-12-8-20(9-13-22)24(28)36-40-38-26(30)32-16-6-5-7-17-33-27(31)39-41-37-25(29)21-10-14-23(15-11-21)35-19(3)4/h8-15,18-19H,5-7,16-17H2,1-4H3. The number of rotatable bonds is 16. The maximum absolute atomic E-state index is 11.9. The molecule has 41 heavy (non-hydrogen) atoms. The zero-order chi connectivity index (χ0) is 30.0. The molecule has 14 nitrogen and oxygen atoms in total. The van der Waals surface area contributed by atoms with Gasteiger partial charge in [0.25, 0.3) is 0 Å². The number of carbonyl (C=O) groups excluding carboxylic acids is 4. The van der Waals surface area contributed by atoms with Crippen LogP contribution in [-0.4, -0.2) is 49.7 Å². The van der Waals surface area contributed by atoms with E-state index in [1.165, 1.54) is 24.3 Å². The average molecular weight is 581 g/mol. The highest BCUT2D eigenvalue weighted by Crippen LogP contribution is 2.16. The largest absolute Gasteiger partial charge is 0.543 e. The second kappa shape index (κ2) is 17.9. The van der Waals surface area contributed by atoms with Gasteiger partial charge in [-0.2, -0.15) is 0 Å². The van der Waals surface area contributed by atoms with Gasteiger partial charge in [-0.05, 0) is 95.5 Å². The van der Waals surface area contributed by atoms with Crippen molar-refractivity contribution in [3.05, 3.63) is 59.7 Å². The molecule has 2 aromatic carbocycles. The van der Waals surface area contributed by atoms with Crippen molar-refractivity contribution < 1.29 is 67.8 Å². The molecule has 0 atom stereocenters. The molecule has 0 aromatic heterocycles. The fourth-order valence-corrected chi connectivity index (χ4v) is 2.87. The molecule has 0 spiro atoms. The van der Waals surface area contributed by atoms with E-state index < -0.39 is 24.2 Å². The van der Waals surface area contributed by atoms with Crippen LogP contribution in [0.25, 0.3) is 0 Å². The van der Waals surface area contributed by atoms with Gasteiger partial charge in [-0.3, -0.25) is 9.78 Å². The topological polar surface area (TPSA) is 161 Å². The Morgan fingerprint density at radius 2 is 0.902 bits per heavy atom. The quantitative estimate of drug-likeness (QED) is 0.107. The molecule has 0 unspecified atom stereocenters. The number of ether oxygens (including phenoxy) is 4. The fourth-order valence-electron chi connectivity index (χ4n) is 2.87. The lowest BCUT2D eigenvalue weighted by Crippen LogP contribution is -2.13. The first-order valence-electron chi connectivity index (χ1n) is 12.6. The first-order valence-corrected chi connectivity index (χ1v) is 12.6.